The van der Waals surface area contributed by atoms with Crippen molar-refractivity contribution in [3.63, 3.8) is 0 Å². The average Bonchev–Trinajstić information content (AvgIpc) is 3.59. The van der Waals surface area contributed by atoms with Crippen LogP contribution < -0.4 is 4.90 Å². The number of rotatable bonds is 7. The maximum absolute atomic E-state index is 6.31. The molecule has 0 saturated heterocycles. The zero-order valence-corrected chi connectivity index (χ0v) is 27.4. The summed E-state index contributed by atoms with van der Waals surface area (Å²) in [7, 11) is 0. The van der Waals surface area contributed by atoms with Crippen LogP contribution in [-0.2, 0) is 0 Å². The Balaban J connectivity index is 1.04. The van der Waals surface area contributed by atoms with Gasteiger partial charge in [0.15, 0.2) is 0 Å². The predicted molar refractivity (Wildman–Crippen MR) is 210 cm³/mol. The van der Waals surface area contributed by atoms with Crippen LogP contribution >= 0.6 is 0 Å². The molecular weight excluding hydrogens is 607 g/mol. The summed E-state index contributed by atoms with van der Waals surface area (Å²) in [6, 6.07) is 71.0. The van der Waals surface area contributed by atoms with Gasteiger partial charge in [-0.05, 0) is 81.4 Å². The van der Waals surface area contributed by atoms with Gasteiger partial charge in [-0.2, -0.15) is 0 Å². The van der Waals surface area contributed by atoms with Gasteiger partial charge in [0.1, 0.15) is 11.2 Å². The highest BCUT2D eigenvalue weighted by atomic mass is 16.3. The van der Waals surface area contributed by atoms with Crippen molar-refractivity contribution >= 4 is 39.0 Å². The maximum atomic E-state index is 6.31. The van der Waals surface area contributed by atoms with Crippen molar-refractivity contribution in [3.8, 4) is 44.5 Å². The Kier molecular flexibility index (Phi) is 7.53. The summed E-state index contributed by atoms with van der Waals surface area (Å²) >= 11 is 0. The molecule has 8 aromatic carbocycles. The molecule has 0 atom stereocenters. The van der Waals surface area contributed by atoms with Crippen LogP contribution in [0, 0.1) is 0 Å². The van der Waals surface area contributed by atoms with Crippen LogP contribution in [0.1, 0.15) is 0 Å². The molecule has 2 nitrogen and oxygen atoms in total. The zero-order chi connectivity index (χ0) is 33.3. The highest BCUT2D eigenvalue weighted by Gasteiger charge is 2.15. The lowest BCUT2D eigenvalue weighted by Gasteiger charge is -2.26. The first-order valence-corrected chi connectivity index (χ1v) is 17.0. The number of hydrogen-bond acceptors (Lipinski definition) is 2. The van der Waals surface area contributed by atoms with Crippen molar-refractivity contribution in [2.24, 2.45) is 0 Å². The molecule has 0 aliphatic rings. The van der Waals surface area contributed by atoms with E-state index in [4.69, 9.17) is 4.42 Å². The molecule has 0 radical (unpaired) electrons. The van der Waals surface area contributed by atoms with Crippen molar-refractivity contribution < 1.29 is 4.42 Å². The van der Waals surface area contributed by atoms with Crippen molar-refractivity contribution in [1.82, 2.24) is 0 Å². The second-order valence-electron chi connectivity index (χ2n) is 12.6. The Bertz CT molecular complexity index is 2450. The number of benzene rings is 8. The Hall–Kier alpha value is -6.64. The van der Waals surface area contributed by atoms with Gasteiger partial charge in [0.05, 0.1) is 0 Å². The third-order valence-electron chi connectivity index (χ3n) is 9.52. The fourth-order valence-corrected chi connectivity index (χ4v) is 6.93. The molecule has 0 aliphatic heterocycles. The van der Waals surface area contributed by atoms with Crippen LogP contribution in [0.5, 0.6) is 0 Å². The minimum Gasteiger partial charge on any atom is -0.455 e. The number of hydrogen-bond donors (Lipinski definition) is 0. The number of furan rings is 1. The Morgan fingerprint density at radius 3 is 1.16 bits per heavy atom. The quantitative estimate of drug-likeness (QED) is 0.173. The number of nitrogens with zero attached hydrogens (tertiary/aromatic N) is 1. The van der Waals surface area contributed by atoms with E-state index in [0.717, 1.165) is 50.1 Å². The molecule has 0 saturated carbocycles. The summed E-state index contributed by atoms with van der Waals surface area (Å²) in [5.41, 5.74) is 14.6. The van der Waals surface area contributed by atoms with Crippen LogP contribution in [0.3, 0.4) is 0 Å². The van der Waals surface area contributed by atoms with Crippen molar-refractivity contribution in [2.75, 3.05) is 4.90 Å². The second kappa shape index (κ2) is 12.8. The first-order valence-electron chi connectivity index (χ1n) is 17.0. The topological polar surface area (TPSA) is 16.4 Å². The summed E-state index contributed by atoms with van der Waals surface area (Å²) in [4.78, 5) is 2.32. The van der Waals surface area contributed by atoms with Gasteiger partial charge >= 0.3 is 0 Å². The van der Waals surface area contributed by atoms with E-state index < -0.39 is 0 Å². The van der Waals surface area contributed by atoms with Gasteiger partial charge in [0, 0.05) is 33.4 Å². The molecular formula is C48H33NO. The van der Waals surface area contributed by atoms with Crippen molar-refractivity contribution in [3.05, 3.63) is 200 Å². The standard InChI is InChI=1S/C48H33NO/c1-3-10-34(11-4-1)37-22-28-41(29-23-37)49(42-30-24-38(25-31-42)35-12-5-2-6-13-35)43-32-26-39(27-33-43)36-18-20-40(21-19-36)44-15-9-16-46-45-14-7-8-17-47(45)50-48(44)46/h1-33H. The predicted octanol–water partition coefficient (Wildman–Crippen LogP) is 13.7. The third-order valence-corrected chi connectivity index (χ3v) is 9.52. The Morgan fingerprint density at radius 2 is 0.660 bits per heavy atom. The summed E-state index contributed by atoms with van der Waals surface area (Å²) < 4.78 is 6.31. The fraction of sp³-hybridized carbons (Fsp3) is 0. The van der Waals surface area contributed by atoms with Crippen LogP contribution in [-0.4, -0.2) is 0 Å². The summed E-state index contributed by atoms with van der Waals surface area (Å²) in [6.45, 7) is 0. The van der Waals surface area contributed by atoms with E-state index in [1.165, 1.54) is 33.4 Å². The normalized spacial score (nSPS) is 11.2. The lowest BCUT2D eigenvalue weighted by atomic mass is 9.98. The van der Waals surface area contributed by atoms with Gasteiger partial charge < -0.3 is 9.32 Å². The van der Waals surface area contributed by atoms with E-state index in [2.05, 4.69) is 193 Å². The molecule has 9 rings (SSSR count). The molecule has 0 amide bonds. The Labute approximate surface area is 292 Å². The highest BCUT2D eigenvalue weighted by Crippen LogP contribution is 2.39. The van der Waals surface area contributed by atoms with Gasteiger partial charge in [-0.15, -0.1) is 0 Å². The summed E-state index contributed by atoms with van der Waals surface area (Å²) in [6.07, 6.45) is 0. The maximum Gasteiger partial charge on any atom is 0.143 e. The zero-order valence-electron chi connectivity index (χ0n) is 27.4. The van der Waals surface area contributed by atoms with Gasteiger partial charge in [0.25, 0.3) is 0 Å². The largest absolute Gasteiger partial charge is 0.455 e. The molecule has 0 spiro atoms. The van der Waals surface area contributed by atoms with Gasteiger partial charge in [-0.25, -0.2) is 0 Å². The summed E-state index contributed by atoms with van der Waals surface area (Å²) in [5.74, 6) is 0. The van der Waals surface area contributed by atoms with Gasteiger partial charge in [-0.3, -0.25) is 0 Å². The smallest absolute Gasteiger partial charge is 0.143 e. The molecule has 236 valence electrons. The van der Waals surface area contributed by atoms with Gasteiger partial charge in [-0.1, -0.05) is 158 Å². The highest BCUT2D eigenvalue weighted by molar-refractivity contribution is 6.09. The minimum absolute atomic E-state index is 0.917. The average molecular weight is 640 g/mol. The van der Waals surface area contributed by atoms with Crippen LogP contribution in [0.2, 0.25) is 0 Å². The number of para-hydroxylation sites is 2. The molecule has 0 fully saturated rings. The number of anilines is 3. The monoisotopic (exact) mass is 639 g/mol. The van der Waals surface area contributed by atoms with Crippen LogP contribution in [0.4, 0.5) is 17.1 Å². The third kappa shape index (κ3) is 5.53. The van der Waals surface area contributed by atoms with E-state index >= 15 is 0 Å². The second-order valence-corrected chi connectivity index (χ2v) is 12.6. The SMILES string of the molecule is c1ccc(-c2ccc(N(c3ccc(-c4ccccc4)cc3)c3ccc(-c4ccc(-c5cccc6c5oc5ccccc56)cc4)cc3)cc2)cc1. The molecule has 9 aromatic rings. The van der Waals surface area contributed by atoms with Crippen molar-refractivity contribution in [1.29, 1.82) is 0 Å². The van der Waals surface area contributed by atoms with Gasteiger partial charge in [0.2, 0.25) is 0 Å². The van der Waals surface area contributed by atoms with Crippen LogP contribution in [0.15, 0.2) is 205 Å². The minimum atomic E-state index is 0.917. The number of fused-ring (bicyclic) bond motifs is 3. The molecule has 0 aliphatic carbocycles. The van der Waals surface area contributed by atoms with E-state index in [-0.39, 0.29) is 0 Å². The van der Waals surface area contributed by atoms with E-state index in [0.29, 0.717) is 0 Å². The van der Waals surface area contributed by atoms with Crippen LogP contribution in [0.25, 0.3) is 66.4 Å². The summed E-state index contributed by atoms with van der Waals surface area (Å²) in [5, 5.41) is 2.29. The molecule has 0 unspecified atom stereocenters. The molecule has 1 aromatic heterocycles. The molecule has 1 heterocycles. The van der Waals surface area contributed by atoms with Crippen molar-refractivity contribution in [2.45, 2.75) is 0 Å². The lowest BCUT2D eigenvalue weighted by Crippen LogP contribution is -2.09. The lowest BCUT2D eigenvalue weighted by molar-refractivity contribution is 0.670. The first kappa shape index (κ1) is 29.5. The first-order chi connectivity index (χ1) is 24.8. The Morgan fingerprint density at radius 1 is 0.280 bits per heavy atom. The van der Waals surface area contributed by atoms with E-state index in [9.17, 15) is 0 Å². The molecule has 2 heteroatoms. The van der Waals surface area contributed by atoms with E-state index in [1.807, 2.05) is 12.1 Å². The fourth-order valence-electron chi connectivity index (χ4n) is 6.93. The molecule has 0 N–H and O–H groups in total. The molecule has 50 heavy (non-hydrogen) atoms. The molecule has 0 bridgehead atoms. The van der Waals surface area contributed by atoms with E-state index in [1.54, 1.807) is 0 Å².